The summed E-state index contributed by atoms with van der Waals surface area (Å²) in [4.78, 5) is 24.6. The smallest absolute Gasteiger partial charge is 0.280 e. The van der Waals surface area contributed by atoms with Gasteiger partial charge in [-0.3, -0.25) is 14.3 Å². The Morgan fingerprint density at radius 1 is 1.49 bits per heavy atom. The van der Waals surface area contributed by atoms with Gasteiger partial charge in [0.05, 0.1) is 19.0 Å². The lowest BCUT2D eigenvalue weighted by Crippen LogP contribution is -2.40. The zero-order valence-corrected chi connectivity index (χ0v) is 25.7. The van der Waals surface area contributed by atoms with Crippen molar-refractivity contribution < 1.29 is 18.5 Å². The molecule has 6 rings (SSSR count). The second-order valence-corrected chi connectivity index (χ2v) is 18.6. The van der Waals surface area contributed by atoms with Gasteiger partial charge in [0.25, 0.3) is 5.56 Å². The van der Waals surface area contributed by atoms with Crippen LogP contribution in [0.5, 0.6) is 0 Å². The van der Waals surface area contributed by atoms with E-state index in [0.717, 1.165) is 19.3 Å². The summed E-state index contributed by atoms with van der Waals surface area (Å²) in [6.07, 6.45) is 4.00. The third-order valence-corrected chi connectivity index (χ3v) is 14.4. The van der Waals surface area contributed by atoms with Crippen LogP contribution in [0.4, 0.5) is 5.95 Å². The molecule has 2 N–H and O–H groups in total. The number of anilines is 1. The minimum atomic E-state index is -2.67. The van der Waals surface area contributed by atoms with Crippen LogP contribution in [0.3, 0.4) is 0 Å². The zero-order valence-electron chi connectivity index (χ0n) is 23.1. The lowest BCUT2D eigenvalue weighted by atomic mass is 9.77. The minimum absolute atomic E-state index is 0.0447. The van der Waals surface area contributed by atoms with Gasteiger partial charge >= 0.3 is 0 Å². The Bertz CT molecular complexity index is 1400. The molecule has 2 aromatic heterocycles. The number of H-pyrrole nitrogens is 1. The molecule has 0 aromatic carbocycles. The molecule has 13 heteroatoms. The van der Waals surface area contributed by atoms with Crippen molar-refractivity contribution in [2.45, 2.75) is 95.2 Å². The lowest BCUT2D eigenvalue weighted by Gasteiger charge is -2.37. The molecule has 0 spiro atoms. The summed E-state index contributed by atoms with van der Waals surface area (Å²) in [5.74, 6) is 1.25. The molecule has 3 saturated heterocycles. The minimum Gasteiger partial charge on any atom is -0.368 e. The number of aromatic amines is 1. The Kier molecular flexibility index (Phi) is 7.10. The quantitative estimate of drug-likeness (QED) is 0.314. The van der Waals surface area contributed by atoms with E-state index in [0.29, 0.717) is 43.0 Å². The molecule has 2 aromatic rings. The predicted molar refractivity (Wildman–Crippen MR) is 157 cm³/mol. The maximum atomic E-state index is 12.8. The van der Waals surface area contributed by atoms with Crippen LogP contribution < -0.4 is 10.9 Å². The van der Waals surface area contributed by atoms with Crippen LogP contribution in [0, 0.1) is 11.8 Å². The number of imidazole rings is 1. The number of rotatable bonds is 8. The van der Waals surface area contributed by atoms with E-state index in [-0.39, 0.29) is 21.9 Å². The zero-order chi connectivity index (χ0) is 27.7. The van der Waals surface area contributed by atoms with Crippen molar-refractivity contribution in [3.05, 3.63) is 28.8 Å². The highest BCUT2D eigenvalue weighted by atomic mass is 32.9. The second-order valence-electron chi connectivity index (χ2n) is 12.0. The van der Waals surface area contributed by atoms with Crippen molar-refractivity contribution in [2.24, 2.45) is 11.8 Å². The van der Waals surface area contributed by atoms with Crippen LogP contribution >= 0.6 is 17.1 Å². The summed E-state index contributed by atoms with van der Waals surface area (Å²) >= 11 is 7.85. The SMILES string of the molecule is C=C(C)[C@H]1CC[C@@]2(C)S[P@@](=S)(OC3[C@@H]4OC[C@]3(CC)O[C@H]4n3cnc4c(=O)[nH]c(NCC(C)C)nc43)O[C@@H]2C1. The molecule has 3 aliphatic heterocycles. The molecule has 2 bridgehead atoms. The predicted octanol–water partition coefficient (Wildman–Crippen LogP) is 5.14. The summed E-state index contributed by atoms with van der Waals surface area (Å²) in [5, 5.41) is 3.20. The fraction of sp³-hybridized carbons (Fsp3) is 0.731. The molecule has 10 nitrogen and oxygen atoms in total. The van der Waals surface area contributed by atoms with Crippen molar-refractivity contribution in [1.82, 2.24) is 19.5 Å². The summed E-state index contributed by atoms with van der Waals surface area (Å²) < 4.78 is 28.1. The van der Waals surface area contributed by atoms with E-state index in [1.807, 2.05) is 0 Å². The first-order valence-electron chi connectivity index (χ1n) is 13.8. The van der Waals surface area contributed by atoms with Crippen LogP contribution in [-0.2, 0) is 30.3 Å². The average molecular weight is 596 g/mol. The molecule has 0 amide bonds. The van der Waals surface area contributed by atoms with Crippen LogP contribution in [0.1, 0.15) is 66.5 Å². The monoisotopic (exact) mass is 595 g/mol. The maximum absolute atomic E-state index is 12.8. The number of ether oxygens (including phenoxy) is 2. The molecule has 8 atom stereocenters. The Labute approximate surface area is 237 Å². The largest absolute Gasteiger partial charge is 0.368 e. The van der Waals surface area contributed by atoms with Crippen LogP contribution in [0.2, 0.25) is 0 Å². The van der Waals surface area contributed by atoms with Crippen LogP contribution in [0.25, 0.3) is 11.2 Å². The maximum Gasteiger partial charge on any atom is 0.280 e. The third kappa shape index (κ3) is 4.73. The highest BCUT2D eigenvalue weighted by molar-refractivity contribution is 8.68. The topological polar surface area (TPSA) is 113 Å². The van der Waals surface area contributed by atoms with Crippen molar-refractivity contribution in [2.75, 3.05) is 18.5 Å². The molecule has 1 unspecified atom stereocenters. The number of hydrogen-bond acceptors (Lipinski definition) is 10. The van der Waals surface area contributed by atoms with Gasteiger partial charge in [-0.25, -0.2) is 4.98 Å². The molecular formula is C26H38N5O5PS2. The van der Waals surface area contributed by atoms with Gasteiger partial charge in [-0.05, 0) is 63.2 Å². The first-order chi connectivity index (χ1) is 18.5. The van der Waals surface area contributed by atoms with E-state index in [9.17, 15) is 4.79 Å². The fourth-order valence-electron chi connectivity index (χ4n) is 6.17. The average Bonchev–Trinajstić information content (AvgIpc) is 3.60. The Balaban J connectivity index is 1.27. The highest BCUT2D eigenvalue weighted by Gasteiger charge is 2.65. The van der Waals surface area contributed by atoms with Gasteiger partial charge in [0, 0.05) is 11.3 Å². The normalized spacial score (nSPS) is 39.5. The number of hydrogen-bond donors (Lipinski definition) is 2. The van der Waals surface area contributed by atoms with E-state index < -0.39 is 29.7 Å². The first-order valence-corrected chi connectivity index (χ1v) is 17.8. The van der Waals surface area contributed by atoms with Gasteiger partial charge in [-0.1, -0.05) is 44.3 Å². The number of allylic oxidation sites excluding steroid dienone is 1. The van der Waals surface area contributed by atoms with Gasteiger partial charge in [-0.15, -0.1) is 0 Å². The molecule has 39 heavy (non-hydrogen) atoms. The standard InChI is InChI=1S/C26H38N5O5PS2/c1-7-26-12-33-19(20(26)36-37(38)35-17-10-16(15(4)5)8-9-25(17,6)39-37)23(34-26)31-13-28-18-21(31)29-24(30-22(18)32)27-11-14(2)3/h13-14,16-17,19-20,23H,4,7-12H2,1-3,5-6H3,(H2,27,29,30,32)/t16-,17+,19-,20?,23+,25+,26-,37+/m0/s1. The summed E-state index contributed by atoms with van der Waals surface area (Å²) in [6.45, 7) is 15.9. The van der Waals surface area contributed by atoms with Gasteiger partial charge in [0.2, 0.25) is 11.6 Å². The third-order valence-electron chi connectivity index (χ3n) is 8.64. The molecule has 5 heterocycles. The lowest BCUT2D eigenvalue weighted by molar-refractivity contribution is -0.172. The summed E-state index contributed by atoms with van der Waals surface area (Å²) in [5.41, 5.74) is -1.74. The van der Waals surface area contributed by atoms with Gasteiger partial charge < -0.3 is 23.8 Å². The van der Waals surface area contributed by atoms with Crippen molar-refractivity contribution in [3.8, 4) is 0 Å². The van der Waals surface area contributed by atoms with Crippen LogP contribution in [0.15, 0.2) is 23.3 Å². The van der Waals surface area contributed by atoms with E-state index in [1.54, 1.807) is 22.3 Å². The molecule has 0 radical (unpaired) electrons. The number of nitrogens with zero attached hydrogens (tertiary/aromatic N) is 3. The molecule has 4 fully saturated rings. The van der Waals surface area contributed by atoms with E-state index in [2.05, 4.69) is 61.5 Å². The molecule has 1 saturated carbocycles. The number of aromatic nitrogens is 4. The number of fused-ring (bicyclic) bond motifs is 4. The molecule has 4 aliphatic rings. The van der Waals surface area contributed by atoms with Crippen molar-refractivity contribution >= 4 is 46.0 Å². The molecule has 214 valence electrons. The second kappa shape index (κ2) is 9.93. The highest BCUT2D eigenvalue weighted by Crippen LogP contribution is 2.77. The van der Waals surface area contributed by atoms with Crippen LogP contribution in [-0.4, -0.2) is 61.3 Å². The van der Waals surface area contributed by atoms with E-state index in [4.69, 9.17) is 30.3 Å². The van der Waals surface area contributed by atoms with E-state index >= 15 is 0 Å². The van der Waals surface area contributed by atoms with Gasteiger partial charge in [0.1, 0.15) is 17.8 Å². The summed E-state index contributed by atoms with van der Waals surface area (Å²) in [6, 6.07) is 0. The first kappa shape index (κ1) is 27.9. The Morgan fingerprint density at radius 3 is 3.00 bits per heavy atom. The Morgan fingerprint density at radius 2 is 2.28 bits per heavy atom. The fourth-order valence-corrected chi connectivity index (χ4v) is 13.7. The van der Waals surface area contributed by atoms with Crippen molar-refractivity contribution in [3.63, 3.8) is 0 Å². The van der Waals surface area contributed by atoms with E-state index in [1.165, 1.54) is 5.57 Å². The van der Waals surface area contributed by atoms with Gasteiger partial charge in [-0.2, -0.15) is 4.98 Å². The molecule has 1 aliphatic carbocycles. The van der Waals surface area contributed by atoms with Gasteiger partial charge in [0.15, 0.2) is 17.4 Å². The van der Waals surface area contributed by atoms with Crippen molar-refractivity contribution in [1.29, 1.82) is 0 Å². The number of nitrogens with one attached hydrogen (secondary N) is 2. The Hall–Kier alpha value is -1.27. The molecular weight excluding hydrogens is 557 g/mol. The summed E-state index contributed by atoms with van der Waals surface area (Å²) in [7, 11) is 0.